The third-order valence-electron chi connectivity index (χ3n) is 5.46. The molecule has 31 heavy (non-hydrogen) atoms. The van der Waals surface area contributed by atoms with Gasteiger partial charge >= 0.3 is 6.09 Å². The minimum atomic E-state index is -0.991. The zero-order valence-corrected chi connectivity index (χ0v) is 18.5. The highest BCUT2D eigenvalue weighted by molar-refractivity contribution is 5.66. The number of methoxy groups -OCH3 is 1. The second-order valence-electron chi connectivity index (χ2n) is 7.39. The van der Waals surface area contributed by atoms with Crippen LogP contribution in [-0.2, 0) is 18.2 Å². The largest absolute Gasteiger partial charge is 0.481 e. The van der Waals surface area contributed by atoms with Crippen LogP contribution in [0.5, 0.6) is 5.88 Å². The Morgan fingerprint density at radius 1 is 1.29 bits per heavy atom. The van der Waals surface area contributed by atoms with Gasteiger partial charge in [-0.1, -0.05) is 6.92 Å². The van der Waals surface area contributed by atoms with Crippen molar-refractivity contribution in [2.45, 2.75) is 39.3 Å². The van der Waals surface area contributed by atoms with Crippen LogP contribution in [0, 0.1) is 6.92 Å². The van der Waals surface area contributed by atoms with E-state index in [1.807, 2.05) is 20.8 Å². The van der Waals surface area contributed by atoms with Crippen LogP contribution in [0.3, 0.4) is 0 Å². The number of nitrogens with zero attached hydrogens (tertiary/aromatic N) is 4. The Morgan fingerprint density at radius 3 is 2.61 bits per heavy atom. The third-order valence-corrected chi connectivity index (χ3v) is 5.46. The predicted octanol–water partition coefficient (Wildman–Crippen LogP) is 1.90. The number of carbonyl (C=O) groups is 1. The number of pyridine rings is 1. The fourth-order valence-corrected chi connectivity index (χ4v) is 3.82. The summed E-state index contributed by atoms with van der Waals surface area (Å²) in [6.07, 6.45) is -0.719. The van der Waals surface area contributed by atoms with E-state index in [1.54, 1.807) is 26.3 Å². The molecule has 0 unspecified atom stereocenters. The highest BCUT2D eigenvalue weighted by atomic mass is 16.5. The van der Waals surface area contributed by atoms with Crippen molar-refractivity contribution >= 4 is 11.9 Å². The number of anilines is 1. The maximum atomic E-state index is 13.2. The molecule has 1 fully saturated rings. The first-order valence-electron chi connectivity index (χ1n) is 10.3. The molecule has 0 saturated carbocycles. The molecule has 1 aliphatic rings. The van der Waals surface area contributed by atoms with Crippen molar-refractivity contribution in [3.05, 3.63) is 33.9 Å². The molecule has 3 rings (SSSR count). The minimum Gasteiger partial charge on any atom is -0.481 e. The molecule has 0 aliphatic carbocycles. The molecular formula is C21H29N5O5. The quantitative estimate of drug-likeness (QED) is 0.682. The number of likely N-dealkylation sites (tertiary alicyclic amines) is 1. The van der Waals surface area contributed by atoms with E-state index < -0.39 is 6.09 Å². The van der Waals surface area contributed by atoms with E-state index >= 15 is 0 Å². The van der Waals surface area contributed by atoms with Gasteiger partial charge in [-0.25, -0.2) is 14.8 Å². The SMILES string of the molecule is CCO[C@H]1CN(C(=O)O)C[C@H]1Nc1c(CC)nc(-c2ccc(OC)nc2C)c(=O)n1C. The molecule has 2 N–H and O–H groups in total. The van der Waals surface area contributed by atoms with Gasteiger partial charge in [0.05, 0.1) is 37.2 Å². The molecule has 10 nitrogen and oxygen atoms in total. The Kier molecular flexibility index (Phi) is 6.79. The van der Waals surface area contributed by atoms with Crippen molar-refractivity contribution < 1.29 is 19.4 Å². The Bertz CT molecular complexity index is 1020. The smallest absolute Gasteiger partial charge is 0.407 e. The highest BCUT2D eigenvalue weighted by Gasteiger charge is 2.36. The van der Waals surface area contributed by atoms with Crippen LogP contribution in [-0.4, -0.2) is 69.6 Å². The predicted molar refractivity (Wildman–Crippen MR) is 116 cm³/mol. The van der Waals surface area contributed by atoms with Crippen molar-refractivity contribution in [2.24, 2.45) is 7.05 Å². The number of carboxylic acid groups (broad SMARTS) is 1. The van der Waals surface area contributed by atoms with Gasteiger partial charge in [0.1, 0.15) is 11.5 Å². The highest BCUT2D eigenvalue weighted by Crippen LogP contribution is 2.25. The van der Waals surface area contributed by atoms with Crippen LogP contribution in [0.25, 0.3) is 11.3 Å². The van der Waals surface area contributed by atoms with E-state index in [9.17, 15) is 14.7 Å². The zero-order chi connectivity index (χ0) is 22.7. The Hall–Kier alpha value is -3.14. The molecule has 0 bridgehead atoms. The number of hydrogen-bond acceptors (Lipinski definition) is 7. The van der Waals surface area contributed by atoms with E-state index in [0.29, 0.717) is 47.4 Å². The summed E-state index contributed by atoms with van der Waals surface area (Å²) >= 11 is 0. The van der Waals surface area contributed by atoms with Crippen molar-refractivity contribution in [1.29, 1.82) is 0 Å². The summed E-state index contributed by atoms with van der Waals surface area (Å²) < 4.78 is 12.4. The van der Waals surface area contributed by atoms with Gasteiger partial charge in [0.15, 0.2) is 0 Å². The molecule has 1 amide bonds. The number of amides is 1. The molecule has 0 spiro atoms. The summed E-state index contributed by atoms with van der Waals surface area (Å²) in [6, 6.07) is 3.20. The monoisotopic (exact) mass is 431 g/mol. The second kappa shape index (κ2) is 9.34. The van der Waals surface area contributed by atoms with Crippen LogP contribution >= 0.6 is 0 Å². The van der Waals surface area contributed by atoms with Crippen LogP contribution < -0.4 is 15.6 Å². The van der Waals surface area contributed by atoms with Crippen molar-refractivity contribution in [3.8, 4) is 17.1 Å². The minimum absolute atomic E-state index is 0.264. The van der Waals surface area contributed by atoms with Crippen molar-refractivity contribution in [3.63, 3.8) is 0 Å². The number of aromatic nitrogens is 3. The molecule has 168 valence electrons. The second-order valence-corrected chi connectivity index (χ2v) is 7.39. The molecule has 1 aliphatic heterocycles. The maximum absolute atomic E-state index is 13.2. The summed E-state index contributed by atoms with van der Waals surface area (Å²) in [6.45, 7) is 6.65. The summed E-state index contributed by atoms with van der Waals surface area (Å²) in [7, 11) is 3.22. The number of ether oxygens (including phenoxy) is 2. The van der Waals surface area contributed by atoms with Crippen LogP contribution in [0.4, 0.5) is 10.6 Å². The lowest BCUT2D eigenvalue weighted by Gasteiger charge is -2.24. The van der Waals surface area contributed by atoms with Gasteiger partial charge in [0, 0.05) is 31.8 Å². The average Bonchev–Trinajstić information content (AvgIpc) is 3.15. The van der Waals surface area contributed by atoms with E-state index in [1.165, 1.54) is 9.47 Å². The fraction of sp³-hybridized carbons (Fsp3) is 0.524. The summed E-state index contributed by atoms with van der Waals surface area (Å²) in [5.74, 6) is 1.04. The first-order valence-corrected chi connectivity index (χ1v) is 10.3. The van der Waals surface area contributed by atoms with Gasteiger partial charge in [0.25, 0.3) is 5.56 Å². The Labute approximate surface area is 180 Å². The summed E-state index contributed by atoms with van der Waals surface area (Å²) in [5.41, 5.74) is 2.05. The van der Waals surface area contributed by atoms with Gasteiger partial charge in [0.2, 0.25) is 5.88 Å². The van der Waals surface area contributed by atoms with Gasteiger partial charge < -0.3 is 24.8 Å². The first kappa shape index (κ1) is 22.5. The van der Waals surface area contributed by atoms with Crippen LogP contribution in [0.2, 0.25) is 0 Å². The van der Waals surface area contributed by atoms with Gasteiger partial charge in [-0.2, -0.15) is 0 Å². The standard InChI is InChI=1S/C21H29N5O5/c1-6-14-19(24-15-10-26(21(28)29)11-16(15)31-7-2)25(4)20(27)18(23-14)13-8-9-17(30-5)22-12(13)3/h8-9,15-16,24H,6-7,10-11H2,1-5H3,(H,28,29)/t15-,16+/m1/s1. The van der Waals surface area contributed by atoms with E-state index in [0.717, 1.165) is 0 Å². The number of nitrogens with one attached hydrogen (secondary N) is 1. The normalized spacial score (nSPS) is 18.3. The van der Waals surface area contributed by atoms with Gasteiger partial charge in [-0.15, -0.1) is 0 Å². The Balaban J connectivity index is 2.00. The maximum Gasteiger partial charge on any atom is 0.407 e. The summed E-state index contributed by atoms with van der Waals surface area (Å²) in [4.78, 5) is 34.9. The number of aryl methyl sites for hydroxylation is 2. The van der Waals surface area contributed by atoms with Crippen LogP contribution in [0.15, 0.2) is 16.9 Å². The lowest BCUT2D eigenvalue weighted by Crippen LogP contribution is -2.37. The molecule has 0 radical (unpaired) electrons. The van der Waals surface area contributed by atoms with Crippen molar-refractivity contribution in [1.82, 2.24) is 19.4 Å². The molecule has 2 atom stereocenters. The molecule has 3 heterocycles. The molecule has 2 aromatic rings. The molecule has 1 saturated heterocycles. The third kappa shape index (κ3) is 4.48. The zero-order valence-electron chi connectivity index (χ0n) is 18.5. The van der Waals surface area contributed by atoms with E-state index in [-0.39, 0.29) is 30.8 Å². The average molecular weight is 431 g/mol. The lowest BCUT2D eigenvalue weighted by molar-refractivity contribution is 0.0628. The number of rotatable bonds is 7. The summed E-state index contributed by atoms with van der Waals surface area (Å²) in [5, 5.41) is 12.7. The van der Waals surface area contributed by atoms with Crippen molar-refractivity contribution in [2.75, 3.05) is 32.1 Å². The van der Waals surface area contributed by atoms with Gasteiger partial charge in [-0.05, 0) is 26.3 Å². The first-order chi connectivity index (χ1) is 14.8. The lowest BCUT2D eigenvalue weighted by atomic mass is 10.1. The van der Waals surface area contributed by atoms with E-state index in [4.69, 9.17) is 9.47 Å². The molecule has 0 aromatic carbocycles. The van der Waals surface area contributed by atoms with E-state index in [2.05, 4.69) is 15.3 Å². The fourth-order valence-electron chi connectivity index (χ4n) is 3.82. The molecular weight excluding hydrogens is 402 g/mol. The Morgan fingerprint density at radius 2 is 2.03 bits per heavy atom. The molecule has 2 aromatic heterocycles. The number of hydrogen-bond donors (Lipinski definition) is 2. The molecule has 10 heteroatoms. The van der Waals surface area contributed by atoms with Gasteiger partial charge in [-0.3, -0.25) is 9.36 Å². The van der Waals surface area contributed by atoms with Crippen LogP contribution in [0.1, 0.15) is 25.2 Å². The topological polar surface area (TPSA) is 119 Å².